The maximum Gasteiger partial charge on any atom is 0.249 e. The first-order chi connectivity index (χ1) is 4.11. The van der Waals surface area contributed by atoms with Crippen molar-refractivity contribution in [1.82, 2.24) is 0 Å². The van der Waals surface area contributed by atoms with E-state index in [4.69, 9.17) is 11.5 Å². The van der Waals surface area contributed by atoms with Crippen LogP contribution in [0.3, 0.4) is 0 Å². The van der Waals surface area contributed by atoms with Gasteiger partial charge in [0.25, 0.3) is 0 Å². The Hall–Kier alpha value is -0.220. The Bertz CT molecular complexity index is 150. The first-order valence-corrected chi connectivity index (χ1v) is 3.75. The lowest BCUT2D eigenvalue weighted by Gasteiger charge is -1.99. The van der Waals surface area contributed by atoms with Crippen molar-refractivity contribution in [3.63, 3.8) is 0 Å². The molecule has 1 amide bonds. The zero-order valence-corrected chi connectivity index (χ0v) is 6.07. The predicted molar refractivity (Wildman–Crippen MR) is 37.8 cm³/mol. The van der Waals surface area contributed by atoms with Crippen LogP contribution in [0.2, 0.25) is 0 Å². The molecular weight excluding hydrogens is 136 g/mol. The average molecular weight is 146 g/mol. The molecule has 1 heterocycles. The zero-order valence-electron chi connectivity index (χ0n) is 5.26. The molecule has 4 heteroatoms. The van der Waals surface area contributed by atoms with Gasteiger partial charge in [0.1, 0.15) is 0 Å². The summed E-state index contributed by atoms with van der Waals surface area (Å²) in [5.41, 5.74) is 10.5. The fraction of sp³-hybridized carbons (Fsp3) is 0.800. The number of thioether (sulfide) groups is 1. The maximum absolute atomic E-state index is 10.5. The van der Waals surface area contributed by atoms with Gasteiger partial charge in [-0.2, -0.15) is 0 Å². The Morgan fingerprint density at radius 1 is 1.89 bits per heavy atom. The molecule has 0 aromatic rings. The third-order valence-electron chi connectivity index (χ3n) is 1.51. The molecule has 1 aliphatic rings. The minimum Gasteiger partial charge on any atom is -0.367 e. The molecule has 0 saturated carbocycles. The van der Waals surface area contributed by atoms with Gasteiger partial charge in [0.2, 0.25) is 5.91 Å². The van der Waals surface area contributed by atoms with Crippen LogP contribution in [0.1, 0.15) is 13.3 Å². The van der Waals surface area contributed by atoms with E-state index < -0.39 is 4.87 Å². The minimum absolute atomic E-state index is 0.259. The van der Waals surface area contributed by atoms with Gasteiger partial charge in [-0.25, -0.2) is 0 Å². The summed E-state index contributed by atoms with van der Waals surface area (Å²) in [7, 11) is 0. The van der Waals surface area contributed by atoms with Gasteiger partial charge in [-0.05, 0) is 6.42 Å². The highest BCUT2D eigenvalue weighted by Crippen LogP contribution is 2.50. The second-order valence-electron chi connectivity index (χ2n) is 2.17. The van der Waals surface area contributed by atoms with Crippen molar-refractivity contribution in [3.05, 3.63) is 0 Å². The van der Waals surface area contributed by atoms with E-state index in [1.807, 2.05) is 6.92 Å². The van der Waals surface area contributed by atoms with E-state index in [0.717, 1.165) is 6.42 Å². The van der Waals surface area contributed by atoms with Crippen molar-refractivity contribution < 1.29 is 4.79 Å². The van der Waals surface area contributed by atoms with Crippen LogP contribution in [0.15, 0.2) is 0 Å². The van der Waals surface area contributed by atoms with Crippen LogP contribution in [0, 0.1) is 0 Å². The van der Waals surface area contributed by atoms with Crippen LogP contribution in [-0.2, 0) is 4.79 Å². The summed E-state index contributed by atoms with van der Waals surface area (Å²) in [6, 6.07) is 0. The molecule has 4 N–H and O–H groups in total. The van der Waals surface area contributed by atoms with Gasteiger partial charge >= 0.3 is 0 Å². The number of nitrogens with two attached hydrogens (primary N) is 2. The SMILES string of the molecule is CCC1S[C@]1(N)C(N)=O. The highest BCUT2D eigenvalue weighted by molar-refractivity contribution is 8.09. The third kappa shape index (κ3) is 0.923. The van der Waals surface area contributed by atoms with Gasteiger partial charge in [0.15, 0.2) is 4.87 Å². The van der Waals surface area contributed by atoms with Crippen molar-refractivity contribution in [2.24, 2.45) is 11.5 Å². The Kier molecular flexibility index (Phi) is 1.44. The summed E-state index contributed by atoms with van der Waals surface area (Å²) in [5.74, 6) is -0.389. The van der Waals surface area contributed by atoms with Crippen LogP contribution < -0.4 is 11.5 Å². The number of hydrogen-bond acceptors (Lipinski definition) is 3. The lowest BCUT2D eigenvalue weighted by Crippen LogP contribution is -2.41. The smallest absolute Gasteiger partial charge is 0.249 e. The van der Waals surface area contributed by atoms with Crippen molar-refractivity contribution in [3.8, 4) is 0 Å². The molecule has 0 bridgehead atoms. The number of amides is 1. The van der Waals surface area contributed by atoms with Crippen molar-refractivity contribution in [2.45, 2.75) is 23.5 Å². The Morgan fingerprint density at radius 2 is 2.44 bits per heavy atom. The van der Waals surface area contributed by atoms with Gasteiger partial charge in [0, 0.05) is 5.25 Å². The largest absolute Gasteiger partial charge is 0.367 e. The molecule has 0 aromatic heterocycles. The predicted octanol–water partition coefficient (Wildman–Crippen LogP) is -0.348. The van der Waals surface area contributed by atoms with Crippen LogP contribution in [0.5, 0.6) is 0 Å². The summed E-state index contributed by atoms with van der Waals surface area (Å²) < 4.78 is 0. The summed E-state index contributed by atoms with van der Waals surface area (Å²) in [5, 5.41) is 0.259. The highest BCUT2D eigenvalue weighted by atomic mass is 32.2. The Labute approximate surface area is 58.2 Å². The third-order valence-corrected chi connectivity index (χ3v) is 3.13. The van der Waals surface area contributed by atoms with E-state index in [1.54, 1.807) is 0 Å². The van der Waals surface area contributed by atoms with Crippen molar-refractivity contribution >= 4 is 17.7 Å². The lowest BCUT2D eigenvalue weighted by molar-refractivity contribution is -0.119. The van der Waals surface area contributed by atoms with Crippen molar-refractivity contribution in [1.29, 1.82) is 0 Å². The summed E-state index contributed by atoms with van der Waals surface area (Å²) >= 11 is 1.45. The van der Waals surface area contributed by atoms with E-state index in [9.17, 15) is 4.79 Å². The van der Waals surface area contributed by atoms with Crippen LogP contribution in [0.4, 0.5) is 0 Å². The number of primary amides is 1. The number of carbonyl (C=O) groups excluding carboxylic acids is 1. The molecule has 1 fully saturated rings. The minimum atomic E-state index is -0.727. The monoisotopic (exact) mass is 146 g/mol. The molecule has 0 radical (unpaired) electrons. The fourth-order valence-electron chi connectivity index (χ4n) is 0.805. The first kappa shape index (κ1) is 6.89. The van der Waals surface area contributed by atoms with Crippen LogP contribution >= 0.6 is 11.8 Å². The lowest BCUT2D eigenvalue weighted by atomic mass is 10.2. The molecule has 0 aliphatic carbocycles. The molecule has 1 unspecified atom stereocenters. The molecule has 2 atom stereocenters. The van der Waals surface area contributed by atoms with Crippen molar-refractivity contribution in [2.75, 3.05) is 0 Å². The second kappa shape index (κ2) is 1.88. The molecule has 1 rings (SSSR count). The van der Waals surface area contributed by atoms with E-state index in [-0.39, 0.29) is 11.2 Å². The quantitative estimate of drug-likeness (QED) is 0.523. The van der Waals surface area contributed by atoms with Gasteiger partial charge in [-0.15, -0.1) is 11.8 Å². The molecule has 0 aromatic carbocycles. The molecule has 0 spiro atoms. The number of hydrogen-bond donors (Lipinski definition) is 2. The topological polar surface area (TPSA) is 69.1 Å². The van der Waals surface area contributed by atoms with Crippen LogP contribution in [-0.4, -0.2) is 16.0 Å². The zero-order chi connectivity index (χ0) is 7.07. The molecular formula is C5H10N2OS. The summed E-state index contributed by atoms with van der Waals surface area (Å²) in [6.07, 6.45) is 0.921. The summed E-state index contributed by atoms with van der Waals surface area (Å²) in [6.45, 7) is 2.00. The Balaban J connectivity index is 2.52. The van der Waals surface area contributed by atoms with Gasteiger partial charge < -0.3 is 11.5 Å². The van der Waals surface area contributed by atoms with E-state index in [2.05, 4.69) is 0 Å². The van der Waals surface area contributed by atoms with Gasteiger partial charge in [-0.3, -0.25) is 4.79 Å². The van der Waals surface area contributed by atoms with E-state index in [0.29, 0.717) is 0 Å². The fourth-order valence-corrected chi connectivity index (χ4v) is 1.77. The standard InChI is InChI=1S/C5H10N2OS/c1-2-3-5(7,9-3)4(6)8/h3H,2,7H2,1H3,(H2,6,8)/t3?,5-/m0/s1. The molecule has 9 heavy (non-hydrogen) atoms. The number of carbonyl (C=O) groups is 1. The highest BCUT2D eigenvalue weighted by Gasteiger charge is 2.56. The maximum atomic E-state index is 10.5. The van der Waals surface area contributed by atoms with Gasteiger partial charge in [-0.1, -0.05) is 6.92 Å². The summed E-state index contributed by atoms with van der Waals surface area (Å²) in [4.78, 5) is 9.80. The number of rotatable bonds is 2. The normalized spacial score (nSPS) is 40.4. The first-order valence-electron chi connectivity index (χ1n) is 2.88. The molecule has 1 saturated heterocycles. The molecule has 1 aliphatic heterocycles. The molecule has 3 nitrogen and oxygen atoms in total. The second-order valence-corrected chi connectivity index (χ2v) is 3.65. The Morgan fingerprint density at radius 3 is 2.56 bits per heavy atom. The van der Waals surface area contributed by atoms with E-state index in [1.165, 1.54) is 11.8 Å². The average Bonchev–Trinajstić information content (AvgIpc) is 2.44. The van der Waals surface area contributed by atoms with E-state index >= 15 is 0 Å². The van der Waals surface area contributed by atoms with Crippen LogP contribution in [0.25, 0.3) is 0 Å². The molecule has 52 valence electrons. The van der Waals surface area contributed by atoms with Gasteiger partial charge in [0.05, 0.1) is 0 Å².